The van der Waals surface area contributed by atoms with Crippen molar-refractivity contribution in [2.45, 2.75) is 65.5 Å². The molecule has 3 heterocycles. The van der Waals surface area contributed by atoms with Crippen LogP contribution >= 0.6 is 0 Å². The predicted octanol–water partition coefficient (Wildman–Crippen LogP) is 3.16. The van der Waals surface area contributed by atoms with Crippen molar-refractivity contribution >= 4 is 0 Å². The van der Waals surface area contributed by atoms with E-state index in [9.17, 15) is 0 Å². The van der Waals surface area contributed by atoms with E-state index in [1.807, 2.05) is 0 Å². The fourth-order valence-corrected chi connectivity index (χ4v) is 6.32. The molecule has 0 aromatic rings. The van der Waals surface area contributed by atoms with E-state index in [4.69, 9.17) is 0 Å². The maximum atomic E-state index is 2.84. The quantitative estimate of drug-likeness (QED) is 0.782. The highest BCUT2D eigenvalue weighted by Crippen LogP contribution is 2.44. The molecule has 0 bridgehead atoms. The highest BCUT2D eigenvalue weighted by Gasteiger charge is 2.46. The van der Waals surface area contributed by atoms with Crippen LogP contribution in [-0.4, -0.2) is 72.6 Å². The third-order valence-electron chi connectivity index (χ3n) is 7.84. The van der Waals surface area contributed by atoms with Crippen molar-refractivity contribution in [2.24, 2.45) is 23.2 Å². The molecule has 4 aliphatic rings. The van der Waals surface area contributed by atoms with Gasteiger partial charge in [-0.1, -0.05) is 0 Å². The number of hydrogen-bond donors (Lipinski definition) is 0. The molecule has 0 radical (unpaired) electrons. The summed E-state index contributed by atoms with van der Waals surface area (Å²) in [6.07, 6.45) is 5.92. The zero-order valence-electron chi connectivity index (χ0n) is 16.5. The first-order valence-electron chi connectivity index (χ1n) is 10.6. The van der Waals surface area contributed by atoms with E-state index in [1.165, 1.54) is 71.5 Å². The zero-order chi connectivity index (χ0) is 16.9. The molecule has 0 amide bonds. The lowest BCUT2D eigenvalue weighted by Crippen LogP contribution is -2.35. The minimum absolute atomic E-state index is 0.646. The molecule has 4 rings (SSSR count). The summed E-state index contributed by atoms with van der Waals surface area (Å²) in [5.74, 6) is 3.01. The van der Waals surface area contributed by atoms with E-state index in [0.717, 1.165) is 29.8 Å². The van der Waals surface area contributed by atoms with Crippen molar-refractivity contribution < 1.29 is 0 Å². The monoisotopic (exact) mass is 333 g/mol. The summed E-state index contributed by atoms with van der Waals surface area (Å²) in [6.45, 7) is 19.1. The summed E-state index contributed by atoms with van der Waals surface area (Å²) in [7, 11) is 0. The number of likely N-dealkylation sites (tertiary alicyclic amines) is 3. The van der Waals surface area contributed by atoms with Crippen LogP contribution in [0.4, 0.5) is 0 Å². The highest BCUT2D eigenvalue weighted by molar-refractivity contribution is 4.99. The Bertz CT molecular complexity index is 434. The van der Waals surface area contributed by atoms with Crippen molar-refractivity contribution in [1.29, 1.82) is 0 Å². The standard InChI is InChI=1S/C21H39N3/c1-16(2)23-8-6-21(15-23)5-7-22(14-21)11-18-9-19-12-24(17(3)4)13-20(19)10-18/h16-20H,5-15H2,1-4H3. The van der Waals surface area contributed by atoms with Gasteiger partial charge >= 0.3 is 0 Å². The Kier molecular flexibility index (Phi) is 4.73. The summed E-state index contributed by atoms with van der Waals surface area (Å²) in [6, 6.07) is 1.48. The van der Waals surface area contributed by atoms with Crippen LogP contribution in [-0.2, 0) is 0 Å². The van der Waals surface area contributed by atoms with Gasteiger partial charge in [0.15, 0.2) is 0 Å². The predicted molar refractivity (Wildman–Crippen MR) is 101 cm³/mol. The van der Waals surface area contributed by atoms with Crippen LogP contribution < -0.4 is 0 Å². The average molecular weight is 334 g/mol. The number of hydrogen-bond acceptors (Lipinski definition) is 3. The Morgan fingerprint density at radius 3 is 2.04 bits per heavy atom. The van der Waals surface area contributed by atoms with Gasteiger partial charge in [-0.25, -0.2) is 0 Å². The minimum Gasteiger partial charge on any atom is -0.302 e. The van der Waals surface area contributed by atoms with E-state index in [2.05, 4.69) is 42.4 Å². The van der Waals surface area contributed by atoms with Crippen LogP contribution in [0.3, 0.4) is 0 Å². The fraction of sp³-hybridized carbons (Fsp3) is 1.00. The van der Waals surface area contributed by atoms with Crippen LogP contribution in [0, 0.1) is 23.2 Å². The molecule has 1 saturated carbocycles. The molecule has 3 nitrogen and oxygen atoms in total. The Labute approximate surface area is 149 Å². The zero-order valence-corrected chi connectivity index (χ0v) is 16.5. The largest absolute Gasteiger partial charge is 0.302 e. The van der Waals surface area contributed by atoms with Gasteiger partial charge in [-0.3, -0.25) is 0 Å². The second-order valence-electron chi connectivity index (χ2n) is 10.2. The Morgan fingerprint density at radius 1 is 0.833 bits per heavy atom. The average Bonchev–Trinajstić information content (AvgIpc) is 3.23. The summed E-state index contributed by atoms with van der Waals surface area (Å²) in [5.41, 5.74) is 0.646. The van der Waals surface area contributed by atoms with E-state index >= 15 is 0 Å². The lowest BCUT2D eigenvalue weighted by atomic mass is 9.86. The van der Waals surface area contributed by atoms with Gasteiger partial charge in [0.05, 0.1) is 0 Å². The summed E-state index contributed by atoms with van der Waals surface area (Å²) in [5, 5.41) is 0. The molecule has 0 N–H and O–H groups in total. The van der Waals surface area contributed by atoms with Crippen molar-refractivity contribution in [1.82, 2.24) is 14.7 Å². The SMILES string of the molecule is CC(C)N1CC2CC(CN3CCC4(CCN(C(C)C)C4)C3)CC2C1. The second kappa shape index (κ2) is 6.55. The van der Waals surface area contributed by atoms with Crippen molar-refractivity contribution in [3.05, 3.63) is 0 Å². The Morgan fingerprint density at radius 2 is 1.46 bits per heavy atom. The number of fused-ring (bicyclic) bond motifs is 1. The van der Waals surface area contributed by atoms with E-state index in [-0.39, 0.29) is 0 Å². The first-order valence-corrected chi connectivity index (χ1v) is 10.6. The molecular weight excluding hydrogens is 294 g/mol. The summed E-state index contributed by atoms with van der Waals surface area (Å²) >= 11 is 0. The molecule has 4 fully saturated rings. The smallest absolute Gasteiger partial charge is 0.00539 e. The van der Waals surface area contributed by atoms with Crippen LogP contribution in [0.15, 0.2) is 0 Å². The molecule has 0 aromatic carbocycles. The molecule has 3 atom stereocenters. The van der Waals surface area contributed by atoms with Gasteiger partial charge in [-0.2, -0.15) is 0 Å². The van der Waals surface area contributed by atoms with Gasteiger partial charge in [0, 0.05) is 44.8 Å². The van der Waals surface area contributed by atoms with Crippen molar-refractivity contribution in [2.75, 3.05) is 45.8 Å². The van der Waals surface area contributed by atoms with Crippen LogP contribution in [0.1, 0.15) is 53.4 Å². The van der Waals surface area contributed by atoms with Gasteiger partial charge in [-0.05, 0) is 89.6 Å². The maximum absolute atomic E-state index is 2.84. The minimum atomic E-state index is 0.646. The number of nitrogens with zero attached hydrogens (tertiary/aromatic N) is 3. The third-order valence-corrected chi connectivity index (χ3v) is 7.84. The van der Waals surface area contributed by atoms with Crippen LogP contribution in [0.5, 0.6) is 0 Å². The Hall–Kier alpha value is -0.120. The highest BCUT2D eigenvalue weighted by atomic mass is 15.2. The molecule has 1 spiro atoms. The van der Waals surface area contributed by atoms with Crippen LogP contribution in [0.25, 0.3) is 0 Å². The lowest BCUT2D eigenvalue weighted by Gasteiger charge is -2.28. The molecule has 24 heavy (non-hydrogen) atoms. The molecule has 3 saturated heterocycles. The van der Waals surface area contributed by atoms with E-state index in [1.54, 1.807) is 0 Å². The van der Waals surface area contributed by atoms with Gasteiger partial charge < -0.3 is 14.7 Å². The van der Waals surface area contributed by atoms with Gasteiger partial charge in [-0.15, -0.1) is 0 Å². The summed E-state index contributed by atoms with van der Waals surface area (Å²) < 4.78 is 0. The molecule has 3 heteroatoms. The fourth-order valence-electron chi connectivity index (χ4n) is 6.32. The Balaban J connectivity index is 1.26. The molecule has 3 aliphatic heterocycles. The van der Waals surface area contributed by atoms with Gasteiger partial charge in [0.25, 0.3) is 0 Å². The third kappa shape index (κ3) is 3.29. The topological polar surface area (TPSA) is 9.72 Å². The normalized spacial score (nSPS) is 41.5. The summed E-state index contributed by atoms with van der Waals surface area (Å²) in [4.78, 5) is 8.27. The van der Waals surface area contributed by atoms with Crippen molar-refractivity contribution in [3.8, 4) is 0 Å². The second-order valence-corrected chi connectivity index (χ2v) is 10.2. The number of rotatable bonds is 4. The lowest BCUT2D eigenvalue weighted by molar-refractivity contribution is 0.198. The van der Waals surface area contributed by atoms with Gasteiger partial charge in [0.2, 0.25) is 0 Å². The van der Waals surface area contributed by atoms with E-state index in [0.29, 0.717) is 5.41 Å². The maximum Gasteiger partial charge on any atom is 0.00539 e. The molecule has 1 aliphatic carbocycles. The molecule has 0 aromatic heterocycles. The van der Waals surface area contributed by atoms with Gasteiger partial charge in [0.1, 0.15) is 0 Å². The van der Waals surface area contributed by atoms with E-state index < -0.39 is 0 Å². The molecule has 3 unspecified atom stereocenters. The van der Waals surface area contributed by atoms with Crippen molar-refractivity contribution in [3.63, 3.8) is 0 Å². The first kappa shape index (κ1) is 17.3. The molecular formula is C21H39N3. The molecule has 138 valence electrons. The van der Waals surface area contributed by atoms with Crippen LogP contribution in [0.2, 0.25) is 0 Å². The first-order chi connectivity index (χ1) is 11.4.